The van der Waals surface area contributed by atoms with E-state index in [1.807, 2.05) is 77.1 Å². The molecule has 3 aromatic rings. The number of nitrogens with one attached hydrogen (secondary N) is 1. The van der Waals surface area contributed by atoms with E-state index in [0.29, 0.717) is 5.75 Å². The van der Waals surface area contributed by atoms with E-state index >= 15 is 0 Å². The molecule has 1 atom stereocenters. The van der Waals surface area contributed by atoms with Gasteiger partial charge in [-0.05, 0) is 31.2 Å². The number of carbonyl (C=O) groups is 1. The number of thioether (sulfide) groups is 1. The number of ether oxygens (including phenoxy) is 1. The molecule has 0 fully saturated rings. The third-order valence-electron chi connectivity index (χ3n) is 4.22. The molecule has 1 amide bonds. The Kier molecular flexibility index (Phi) is 4.67. The normalized spacial score (nSPS) is 13.9. The van der Waals surface area contributed by atoms with Crippen molar-refractivity contribution in [3.05, 3.63) is 71.9 Å². The number of hydrogen-bond acceptors (Lipinski definition) is 4. The van der Waals surface area contributed by atoms with E-state index in [-0.39, 0.29) is 5.91 Å². The minimum atomic E-state index is -0.610. The van der Waals surface area contributed by atoms with Gasteiger partial charge < -0.3 is 10.1 Å². The molecule has 0 bridgehead atoms. The molecule has 4 rings (SSSR count). The fraction of sp³-hybridized carbons (Fsp3) is 0.200. The number of rotatable bonds is 5. The average Bonchev–Trinajstić information content (AvgIpc) is 3.26. The smallest absolute Gasteiger partial charge is 0.266 e. The summed E-state index contributed by atoms with van der Waals surface area (Å²) in [5, 5.41) is 7.73. The van der Waals surface area contributed by atoms with E-state index in [0.717, 1.165) is 34.3 Å². The van der Waals surface area contributed by atoms with Gasteiger partial charge in [0.2, 0.25) is 0 Å². The van der Waals surface area contributed by atoms with E-state index in [1.165, 1.54) is 0 Å². The van der Waals surface area contributed by atoms with Crippen molar-refractivity contribution in [2.45, 2.75) is 24.5 Å². The maximum atomic E-state index is 12.7. The lowest BCUT2D eigenvalue weighted by Crippen LogP contribution is -2.31. The topological polar surface area (TPSA) is 56.1 Å². The molecule has 0 unspecified atom stereocenters. The number of para-hydroxylation sites is 2. The lowest BCUT2D eigenvalue weighted by atomic mass is 10.2. The number of benzene rings is 2. The van der Waals surface area contributed by atoms with Crippen molar-refractivity contribution < 1.29 is 9.53 Å². The van der Waals surface area contributed by atoms with E-state index in [9.17, 15) is 4.79 Å². The van der Waals surface area contributed by atoms with Crippen molar-refractivity contribution in [1.29, 1.82) is 0 Å². The van der Waals surface area contributed by atoms with Crippen LogP contribution in [0.5, 0.6) is 5.75 Å². The predicted molar refractivity (Wildman–Crippen MR) is 104 cm³/mol. The first-order valence-corrected chi connectivity index (χ1v) is 9.64. The summed E-state index contributed by atoms with van der Waals surface area (Å²) < 4.78 is 7.56. The number of hydrogen-bond donors (Lipinski definition) is 1. The first-order chi connectivity index (χ1) is 12.7. The molecule has 2 heterocycles. The highest BCUT2D eigenvalue weighted by molar-refractivity contribution is 7.98. The van der Waals surface area contributed by atoms with Gasteiger partial charge in [-0.25, -0.2) is 4.68 Å². The van der Waals surface area contributed by atoms with Gasteiger partial charge in [-0.1, -0.05) is 36.4 Å². The number of aromatic nitrogens is 2. The molecule has 2 aromatic carbocycles. The zero-order valence-corrected chi connectivity index (χ0v) is 15.2. The average molecular weight is 365 g/mol. The molecular formula is C20H19N3O2S. The zero-order chi connectivity index (χ0) is 17.9. The van der Waals surface area contributed by atoms with Crippen LogP contribution >= 0.6 is 11.8 Å². The van der Waals surface area contributed by atoms with Crippen LogP contribution in [0.2, 0.25) is 0 Å². The molecule has 0 radical (unpaired) electrons. The summed E-state index contributed by atoms with van der Waals surface area (Å²) in [6.45, 7) is 1.75. The van der Waals surface area contributed by atoms with Gasteiger partial charge in [-0.15, -0.1) is 0 Å². The summed E-state index contributed by atoms with van der Waals surface area (Å²) >= 11 is 1.81. The number of anilines is 1. The van der Waals surface area contributed by atoms with Crippen molar-refractivity contribution in [2.24, 2.45) is 0 Å². The molecule has 1 aliphatic rings. The van der Waals surface area contributed by atoms with Crippen LogP contribution in [0.15, 0.2) is 60.7 Å². The molecule has 1 aliphatic heterocycles. The SMILES string of the molecule is C[C@H](Oc1ccccc1)C(=O)Nc1c2c(nn1-c1ccccc1)CSC2. The summed E-state index contributed by atoms with van der Waals surface area (Å²) in [4.78, 5) is 12.7. The number of carbonyl (C=O) groups excluding carboxylic acids is 1. The van der Waals surface area contributed by atoms with E-state index in [1.54, 1.807) is 6.92 Å². The lowest BCUT2D eigenvalue weighted by Gasteiger charge is -2.16. The summed E-state index contributed by atoms with van der Waals surface area (Å²) in [6.07, 6.45) is -0.610. The minimum absolute atomic E-state index is 0.189. The predicted octanol–water partition coefficient (Wildman–Crippen LogP) is 4.03. The van der Waals surface area contributed by atoms with E-state index in [2.05, 4.69) is 5.32 Å². The van der Waals surface area contributed by atoms with Crippen LogP contribution in [0.3, 0.4) is 0 Å². The highest BCUT2D eigenvalue weighted by Gasteiger charge is 2.26. The maximum absolute atomic E-state index is 12.7. The van der Waals surface area contributed by atoms with Gasteiger partial charge in [-0.3, -0.25) is 4.79 Å². The van der Waals surface area contributed by atoms with Crippen LogP contribution in [-0.4, -0.2) is 21.8 Å². The Morgan fingerprint density at radius 2 is 1.81 bits per heavy atom. The zero-order valence-electron chi connectivity index (χ0n) is 14.4. The maximum Gasteiger partial charge on any atom is 0.266 e. The standard InChI is InChI=1S/C20H19N3O2S/c1-14(25-16-10-6-3-7-11-16)20(24)21-19-17-12-26-13-18(17)22-23(19)15-8-4-2-5-9-15/h2-11,14H,12-13H2,1H3,(H,21,24)/t14-/m0/s1. The molecule has 132 valence electrons. The molecule has 26 heavy (non-hydrogen) atoms. The lowest BCUT2D eigenvalue weighted by molar-refractivity contribution is -0.122. The number of fused-ring (bicyclic) bond motifs is 1. The van der Waals surface area contributed by atoms with Gasteiger partial charge in [0.15, 0.2) is 6.10 Å². The van der Waals surface area contributed by atoms with Gasteiger partial charge in [0, 0.05) is 17.1 Å². The third kappa shape index (κ3) is 3.32. The van der Waals surface area contributed by atoms with Gasteiger partial charge in [0.1, 0.15) is 11.6 Å². The van der Waals surface area contributed by atoms with Gasteiger partial charge >= 0.3 is 0 Å². The van der Waals surface area contributed by atoms with Crippen molar-refractivity contribution in [1.82, 2.24) is 9.78 Å². The highest BCUT2D eigenvalue weighted by atomic mass is 32.2. The summed E-state index contributed by atoms with van der Waals surface area (Å²) in [5.74, 6) is 2.95. The minimum Gasteiger partial charge on any atom is -0.481 e. The Labute approximate surface area is 156 Å². The summed E-state index contributed by atoms with van der Waals surface area (Å²) in [7, 11) is 0. The molecular weight excluding hydrogens is 346 g/mol. The molecule has 1 aromatic heterocycles. The van der Waals surface area contributed by atoms with E-state index < -0.39 is 6.10 Å². The largest absolute Gasteiger partial charge is 0.481 e. The first-order valence-electron chi connectivity index (χ1n) is 8.49. The van der Waals surface area contributed by atoms with Crippen molar-refractivity contribution in [3.63, 3.8) is 0 Å². The second-order valence-corrected chi connectivity index (χ2v) is 7.06. The van der Waals surface area contributed by atoms with Crippen molar-refractivity contribution >= 4 is 23.5 Å². The van der Waals surface area contributed by atoms with Gasteiger partial charge in [-0.2, -0.15) is 16.9 Å². The molecule has 0 saturated carbocycles. The van der Waals surface area contributed by atoms with Crippen LogP contribution in [0.25, 0.3) is 5.69 Å². The quantitative estimate of drug-likeness (QED) is 0.742. The fourth-order valence-electron chi connectivity index (χ4n) is 2.87. The fourth-order valence-corrected chi connectivity index (χ4v) is 3.91. The van der Waals surface area contributed by atoms with Gasteiger partial charge in [0.05, 0.1) is 11.4 Å². The first kappa shape index (κ1) is 16.7. The Balaban J connectivity index is 1.58. The van der Waals surface area contributed by atoms with Crippen LogP contribution in [0.1, 0.15) is 18.2 Å². The third-order valence-corrected chi connectivity index (χ3v) is 5.19. The van der Waals surface area contributed by atoms with Crippen LogP contribution < -0.4 is 10.1 Å². The van der Waals surface area contributed by atoms with Crippen molar-refractivity contribution in [3.8, 4) is 11.4 Å². The number of nitrogens with zero attached hydrogens (tertiary/aromatic N) is 2. The second kappa shape index (κ2) is 7.25. The molecule has 0 saturated heterocycles. The molecule has 5 nitrogen and oxygen atoms in total. The Hall–Kier alpha value is -2.73. The van der Waals surface area contributed by atoms with E-state index in [4.69, 9.17) is 9.84 Å². The Morgan fingerprint density at radius 1 is 1.12 bits per heavy atom. The molecule has 0 aliphatic carbocycles. The molecule has 6 heteroatoms. The van der Waals surface area contributed by atoms with Gasteiger partial charge in [0.25, 0.3) is 5.91 Å². The second-order valence-electron chi connectivity index (χ2n) is 6.08. The molecule has 1 N–H and O–H groups in total. The Morgan fingerprint density at radius 3 is 2.54 bits per heavy atom. The summed E-state index contributed by atoms with van der Waals surface area (Å²) in [6, 6.07) is 19.2. The number of amides is 1. The Bertz CT molecular complexity index is 910. The molecule has 0 spiro atoms. The van der Waals surface area contributed by atoms with Crippen LogP contribution in [-0.2, 0) is 16.3 Å². The van der Waals surface area contributed by atoms with Crippen LogP contribution in [0.4, 0.5) is 5.82 Å². The van der Waals surface area contributed by atoms with Crippen molar-refractivity contribution in [2.75, 3.05) is 5.32 Å². The van der Waals surface area contributed by atoms with Crippen LogP contribution in [0, 0.1) is 0 Å². The summed E-state index contributed by atoms with van der Waals surface area (Å²) in [5.41, 5.74) is 3.06. The monoisotopic (exact) mass is 365 g/mol. The highest BCUT2D eigenvalue weighted by Crippen LogP contribution is 2.36.